The SMILES string of the molecule is CCOC(=O)CCN(C)CC(=O)Nc1ccccc1F. The Labute approximate surface area is 117 Å². The zero-order valence-electron chi connectivity index (χ0n) is 11.7. The standard InChI is InChI=1S/C14H19FN2O3/c1-3-20-14(19)8-9-17(2)10-13(18)16-12-7-5-4-6-11(12)15/h4-7H,3,8-10H2,1-2H3,(H,16,18). The number of carbonyl (C=O) groups is 2. The van der Waals surface area contributed by atoms with Gasteiger partial charge in [-0.3, -0.25) is 14.5 Å². The molecule has 0 aliphatic heterocycles. The molecule has 0 aliphatic carbocycles. The molecule has 1 amide bonds. The molecule has 1 aromatic rings. The molecule has 0 saturated heterocycles. The maximum atomic E-state index is 13.3. The smallest absolute Gasteiger partial charge is 0.307 e. The number of para-hydroxylation sites is 1. The van der Waals surface area contributed by atoms with E-state index in [4.69, 9.17) is 4.74 Å². The molecule has 0 bridgehead atoms. The van der Waals surface area contributed by atoms with Gasteiger partial charge in [-0.2, -0.15) is 0 Å². The summed E-state index contributed by atoms with van der Waals surface area (Å²) in [5.41, 5.74) is 0.149. The molecule has 0 spiro atoms. The molecule has 20 heavy (non-hydrogen) atoms. The van der Waals surface area contributed by atoms with Crippen molar-refractivity contribution in [3.63, 3.8) is 0 Å². The number of halogens is 1. The van der Waals surface area contributed by atoms with Gasteiger partial charge in [0, 0.05) is 6.54 Å². The summed E-state index contributed by atoms with van der Waals surface area (Å²) in [5, 5.41) is 2.48. The van der Waals surface area contributed by atoms with Crippen LogP contribution in [-0.4, -0.2) is 43.5 Å². The molecule has 0 unspecified atom stereocenters. The number of ether oxygens (including phenoxy) is 1. The van der Waals surface area contributed by atoms with Crippen molar-refractivity contribution >= 4 is 17.6 Å². The van der Waals surface area contributed by atoms with Gasteiger partial charge in [0.15, 0.2) is 0 Å². The van der Waals surface area contributed by atoms with Crippen LogP contribution in [0, 0.1) is 5.82 Å². The van der Waals surface area contributed by atoms with E-state index in [-0.39, 0.29) is 30.5 Å². The largest absolute Gasteiger partial charge is 0.466 e. The van der Waals surface area contributed by atoms with Crippen LogP contribution in [0.15, 0.2) is 24.3 Å². The van der Waals surface area contributed by atoms with Crippen LogP contribution in [0.1, 0.15) is 13.3 Å². The predicted octanol–water partition coefficient (Wildman–Crippen LogP) is 1.65. The lowest BCUT2D eigenvalue weighted by molar-refractivity contribution is -0.143. The second-order valence-electron chi connectivity index (χ2n) is 4.32. The summed E-state index contributed by atoms with van der Waals surface area (Å²) in [6, 6.07) is 5.96. The Morgan fingerprint density at radius 1 is 1.35 bits per heavy atom. The molecule has 0 aliphatic rings. The summed E-state index contributed by atoms with van der Waals surface area (Å²) in [4.78, 5) is 24.6. The molecule has 1 aromatic carbocycles. The number of benzene rings is 1. The number of amides is 1. The molecule has 0 saturated carbocycles. The Balaban J connectivity index is 2.35. The molecule has 0 radical (unpaired) electrons. The Morgan fingerprint density at radius 3 is 2.70 bits per heavy atom. The molecule has 0 atom stereocenters. The van der Waals surface area contributed by atoms with E-state index in [0.29, 0.717) is 13.2 Å². The highest BCUT2D eigenvalue weighted by Gasteiger charge is 2.11. The third kappa shape index (κ3) is 5.79. The lowest BCUT2D eigenvalue weighted by Crippen LogP contribution is -2.32. The fourth-order valence-corrected chi connectivity index (χ4v) is 1.59. The number of nitrogens with zero attached hydrogens (tertiary/aromatic N) is 1. The molecule has 0 fully saturated rings. The van der Waals surface area contributed by atoms with E-state index in [1.54, 1.807) is 31.0 Å². The van der Waals surface area contributed by atoms with Crippen LogP contribution in [0.2, 0.25) is 0 Å². The minimum absolute atomic E-state index is 0.0771. The lowest BCUT2D eigenvalue weighted by atomic mass is 10.3. The summed E-state index contributed by atoms with van der Waals surface area (Å²) in [7, 11) is 1.71. The van der Waals surface area contributed by atoms with E-state index < -0.39 is 5.82 Å². The molecule has 1 N–H and O–H groups in total. The number of hydrogen-bond donors (Lipinski definition) is 1. The third-order valence-corrected chi connectivity index (χ3v) is 2.56. The van der Waals surface area contributed by atoms with Gasteiger partial charge in [-0.15, -0.1) is 0 Å². The van der Waals surface area contributed by atoms with Crippen LogP contribution >= 0.6 is 0 Å². The van der Waals surface area contributed by atoms with Crippen LogP contribution in [-0.2, 0) is 14.3 Å². The molecular weight excluding hydrogens is 263 g/mol. The van der Waals surface area contributed by atoms with Crippen LogP contribution in [0.25, 0.3) is 0 Å². The van der Waals surface area contributed by atoms with Crippen molar-refractivity contribution in [2.24, 2.45) is 0 Å². The minimum atomic E-state index is -0.477. The first-order valence-electron chi connectivity index (χ1n) is 6.41. The van der Waals surface area contributed by atoms with Crippen molar-refractivity contribution in [2.75, 3.05) is 32.1 Å². The van der Waals surface area contributed by atoms with Crippen molar-refractivity contribution in [3.05, 3.63) is 30.1 Å². The molecule has 0 heterocycles. The number of rotatable bonds is 7. The Hall–Kier alpha value is -1.95. The van der Waals surface area contributed by atoms with Gasteiger partial charge in [-0.05, 0) is 26.1 Å². The maximum Gasteiger partial charge on any atom is 0.307 e. The van der Waals surface area contributed by atoms with Crippen LogP contribution in [0.4, 0.5) is 10.1 Å². The van der Waals surface area contributed by atoms with Crippen molar-refractivity contribution in [1.29, 1.82) is 0 Å². The average Bonchev–Trinajstić information content (AvgIpc) is 2.39. The van der Waals surface area contributed by atoms with Gasteiger partial charge in [-0.25, -0.2) is 4.39 Å². The summed E-state index contributed by atoms with van der Waals surface area (Å²) in [5.74, 6) is -1.11. The van der Waals surface area contributed by atoms with Gasteiger partial charge in [-0.1, -0.05) is 12.1 Å². The Morgan fingerprint density at radius 2 is 2.05 bits per heavy atom. The molecule has 6 heteroatoms. The number of anilines is 1. The molecule has 1 rings (SSSR count). The van der Waals surface area contributed by atoms with E-state index >= 15 is 0 Å². The first-order valence-corrected chi connectivity index (χ1v) is 6.41. The second-order valence-corrected chi connectivity index (χ2v) is 4.32. The summed E-state index contributed by atoms with van der Waals surface area (Å²) in [6.07, 6.45) is 0.220. The van der Waals surface area contributed by atoms with Crippen LogP contribution in [0.5, 0.6) is 0 Å². The highest BCUT2D eigenvalue weighted by Crippen LogP contribution is 2.12. The van der Waals surface area contributed by atoms with E-state index in [2.05, 4.69) is 5.32 Å². The second kappa shape index (κ2) is 8.27. The van der Waals surface area contributed by atoms with E-state index in [0.717, 1.165) is 0 Å². The fourth-order valence-electron chi connectivity index (χ4n) is 1.59. The maximum absolute atomic E-state index is 13.3. The van der Waals surface area contributed by atoms with Gasteiger partial charge < -0.3 is 10.1 Å². The van der Waals surface area contributed by atoms with E-state index in [1.165, 1.54) is 12.1 Å². The summed E-state index contributed by atoms with van der Waals surface area (Å²) in [6.45, 7) is 2.57. The zero-order valence-corrected chi connectivity index (χ0v) is 11.7. The van der Waals surface area contributed by atoms with Crippen LogP contribution in [0.3, 0.4) is 0 Å². The van der Waals surface area contributed by atoms with Gasteiger partial charge in [0.1, 0.15) is 5.82 Å². The van der Waals surface area contributed by atoms with Gasteiger partial charge in [0.05, 0.1) is 25.3 Å². The van der Waals surface area contributed by atoms with E-state index in [9.17, 15) is 14.0 Å². The van der Waals surface area contributed by atoms with Crippen molar-refractivity contribution in [3.8, 4) is 0 Å². The van der Waals surface area contributed by atoms with Gasteiger partial charge in [0.25, 0.3) is 0 Å². The fraction of sp³-hybridized carbons (Fsp3) is 0.429. The van der Waals surface area contributed by atoms with Gasteiger partial charge >= 0.3 is 5.97 Å². The predicted molar refractivity (Wildman–Crippen MR) is 73.8 cm³/mol. The molecule has 0 aromatic heterocycles. The minimum Gasteiger partial charge on any atom is -0.466 e. The quantitative estimate of drug-likeness (QED) is 0.773. The molecule has 5 nitrogen and oxygen atoms in total. The highest BCUT2D eigenvalue weighted by atomic mass is 19.1. The number of esters is 1. The van der Waals surface area contributed by atoms with Gasteiger partial charge in [0.2, 0.25) is 5.91 Å². The van der Waals surface area contributed by atoms with Crippen molar-refractivity contribution in [2.45, 2.75) is 13.3 Å². The topological polar surface area (TPSA) is 58.6 Å². The number of likely N-dealkylation sites (N-methyl/N-ethyl adjacent to an activating group) is 1. The first kappa shape index (κ1) is 16.1. The van der Waals surface area contributed by atoms with Crippen molar-refractivity contribution < 1.29 is 18.7 Å². The van der Waals surface area contributed by atoms with E-state index in [1.807, 2.05) is 0 Å². The zero-order chi connectivity index (χ0) is 15.0. The Kier molecular flexibility index (Phi) is 6.66. The lowest BCUT2D eigenvalue weighted by Gasteiger charge is -2.15. The molecular formula is C14H19FN2O3. The number of hydrogen-bond acceptors (Lipinski definition) is 4. The number of nitrogens with one attached hydrogen (secondary N) is 1. The first-order chi connectivity index (χ1) is 9.52. The summed E-state index contributed by atoms with van der Waals surface area (Å²) < 4.78 is 18.1. The Bertz CT molecular complexity index is 465. The monoisotopic (exact) mass is 282 g/mol. The summed E-state index contributed by atoms with van der Waals surface area (Å²) >= 11 is 0. The normalized spacial score (nSPS) is 10.4. The third-order valence-electron chi connectivity index (χ3n) is 2.56. The molecule has 110 valence electrons. The van der Waals surface area contributed by atoms with Crippen LogP contribution < -0.4 is 5.32 Å². The van der Waals surface area contributed by atoms with Crippen molar-refractivity contribution in [1.82, 2.24) is 4.90 Å². The number of carbonyl (C=O) groups excluding carboxylic acids is 2. The average molecular weight is 282 g/mol. The highest BCUT2D eigenvalue weighted by molar-refractivity contribution is 5.92.